The normalized spacial score (nSPS) is 16.9. The molecule has 0 aromatic heterocycles. The van der Waals surface area contributed by atoms with Crippen LogP contribution in [0.1, 0.15) is 47.7 Å². The number of rotatable bonds is 6. The van der Waals surface area contributed by atoms with E-state index in [2.05, 4.69) is 10.6 Å². The van der Waals surface area contributed by atoms with Gasteiger partial charge in [0.1, 0.15) is 0 Å². The van der Waals surface area contributed by atoms with Gasteiger partial charge in [-0.1, -0.05) is 60.5 Å². The van der Waals surface area contributed by atoms with E-state index in [9.17, 15) is 19.5 Å². The Morgan fingerprint density at radius 1 is 0.971 bits per heavy atom. The number of urea groups is 1. The molecule has 1 atom stereocenters. The monoisotopic (exact) mass is 490 g/mol. The van der Waals surface area contributed by atoms with Crippen LogP contribution in [-0.4, -0.2) is 22.9 Å². The van der Waals surface area contributed by atoms with Gasteiger partial charge in [-0.3, -0.25) is 9.59 Å². The highest BCUT2D eigenvalue weighted by atomic mass is 35.5. The van der Waals surface area contributed by atoms with E-state index in [1.807, 2.05) is 56.3 Å². The summed E-state index contributed by atoms with van der Waals surface area (Å²) in [6, 6.07) is 18.0. The van der Waals surface area contributed by atoms with E-state index in [-0.39, 0.29) is 18.2 Å². The first-order chi connectivity index (χ1) is 16.7. The predicted molar refractivity (Wildman–Crippen MR) is 138 cm³/mol. The number of ketones is 1. The second-order valence-corrected chi connectivity index (χ2v) is 9.45. The van der Waals surface area contributed by atoms with Crippen molar-refractivity contribution in [2.45, 2.75) is 39.5 Å². The first-order valence-corrected chi connectivity index (χ1v) is 11.9. The zero-order valence-corrected chi connectivity index (χ0v) is 20.4. The van der Waals surface area contributed by atoms with E-state index in [0.29, 0.717) is 41.2 Å². The molecule has 6 nitrogen and oxygen atoms in total. The molecule has 7 heteroatoms. The summed E-state index contributed by atoms with van der Waals surface area (Å²) in [5, 5.41) is 15.3. The number of aryl methyl sites for hydroxylation is 2. The van der Waals surface area contributed by atoms with Crippen molar-refractivity contribution in [3.05, 3.63) is 82.4 Å². The molecule has 0 heterocycles. The number of anilines is 2. The van der Waals surface area contributed by atoms with Gasteiger partial charge in [-0.25, -0.2) is 4.79 Å². The molecule has 2 amide bonds. The number of carboxylic acids is 1. The molecule has 4 rings (SSSR count). The van der Waals surface area contributed by atoms with Gasteiger partial charge in [0.15, 0.2) is 5.78 Å². The highest BCUT2D eigenvalue weighted by Crippen LogP contribution is 2.42. The molecule has 0 fully saturated rings. The maximum atomic E-state index is 13.2. The molecule has 1 aliphatic carbocycles. The molecule has 1 aliphatic rings. The number of fused-ring (bicyclic) bond motifs is 1. The Morgan fingerprint density at radius 2 is 1.63 bits per heavy atom. The number of amides is 2. The SMILES string of the molecule is CCC1(CC(=O)O)CCc2cc(-c3ccc(NC(=O)Nc4ccc(C)cc4)cc3Cl)ccc2C1=O. The van der Waals surface area contributed by atoms with Gasteiger partial charge in [-0.2, -0.15) is 0 Å². The second-order valence-electron chi connectivity index (χ2n) is 9.05. The number of Topliss-reactive ketones (excluding diaryl/α,β-unsaturated/α-hetero) is 1. The van der Waals surface area contributed by atoms with Gasteiger partial charge in [-0.05, 0) is 61.6 Å². The number of carbonyl (C=O) groups is 3. The number of halogens is 1. The lowest BCUT2D eigenvalue weighted by molar-refractivity contribution is -0.139. The summed E-state index contributed by atoms with van der Waals surface area (Å²) in [5.41, 5.74) is 4.64. The lowest BCUT2D eigenvalue weighted by atomic mass is 9.67. The van der Waals surface area contributed by atoms with E-state index < -0.39 is 11.4 Å². The van der Waals surface area contributed by atoms with E-state index in [0.717, 1.165) is 22.3 Å². The van der Waals surface area contributed by atoms with Crippen molar-refractivity contribution in [3.8, 4) is 11.1 Å². The zero-order chi connectivity index (χ0) is 25.2. The summed E-state index contributed by atoms with van der Waals surface area (Å²) in [6.45, 7) is 3.85. The summed E-state index contributed by atoms with van der Waals surface area (Å²) in [7, 11) is 0. The van der Waals surface area contributed by atoms with Gasteiger partial charge in [0.25, 0.3) is 0 Å². The Labute approximate surface area is 209 Å². The van der Waals surface area contributed by atoms with Crippen LogP contribution in [-0.2, 0) is 11.2 Å². The number of hydrogen-bond acceptors (Lipinski definition) is 3. The van der Waals surface area contributed by atoms with Crippen LogP contribution in [0.2, 0.25) is 5.02 Å². The van der Waals surface area contributed by atoms with Gasteiger partial charge in [0.2, 0.25) is 0 Å². The minimum atomic E-state index is -0.951. The molecule has 180 valence electrons. The maximum absolute atomic E-state index is 13.2. The third-order valence-electron chi connectivity index (χ3n) is 6.72. The minimum Gasteiger partial charge on any atom is -0.481 e. The smallest absolute Gasteiger partial charge is 0.323 e. The Kier molecular flexibility index (Phi) is 6.94. The maximum Gasteiger partial charge on any atom is 0.323 e. The fourth-order valence-electron chi connectivity index (χ4n) is 4.64. The Hall–Kier alpha value is -3.64. The fourth-order valence-corrected chi connectivity index (χ4v) is 4.93. The Bertz CT molecular complexity index is 1300. The van der Waals surface area contributed by atoms with Gasteiger partial charge in [0.05, 0.1) is 11.4 Å². The van der Waals surface area contributed by atoms with Crippen molar-refractivity contribution in [1.82, 2.24) is 0 Å². The molecule has 0 spiro atoms. The lowest BCUT2D eigenvalue weighted by Crippen LogP contribution is -2.37. The summed E-state index contributed by atoms with van der Waals surface area (Å²) < 4.78 is 0. The van der Waals surface area contributed by atoms with Gasteiger partial charge < -0.3 is 15.7 Å². The topological polar surface area (TPSA) is 95.5 Å². The van der Waals surface area contributed by atoms with E-state index in [1.54, 1.807) is 18.2 Å². The van der Waals surface area contributed by atoms with Crippen molar-refractivity contribution in [2.75, 3.05) is 10.6 Å². The van der Waals surface area contributed by atoms with Crippen molar-refractivity contribution < 1.29 is 19.5 Å². The zero-order valence-electron chi connectivity index (χ0n) is 19.7. The first kappa shape index (κ1) is 24.5. The molecule has 0 radical (unpaired) electrons. The number of nitrogens with one attached hydrogen (secondary N) is 2. The average molecular weight is 491 g/mol. The number of carbonyl (C=O) groups excluding carboxylic acids is 2. The van der Waals surface area contributed by atoms with E-state index in [4.69, 9.17) is 11.6 Å². The number of carboxylic acid groups (broad SMARTS) is 1. The summed E-state index contributed by atoms with van der Waals surface area (Å²) in [6.07, 6.45) is 1.49. The van der Waals surface area contributed by atoms with Crippen LogP contribution in [0.5, 0.6) is 0 Å². The van der Waals surface area contributed by atoms with Crippen molar-refractivity contribution in [2.24, 2.45) is 5.41 Å². The highest BCUT2D eigenvalue weighted by molar-refractivity contribution is 6.33. The summed E-state index contributed by atoms with van der Waals surface area (Å²) in [4.78, 5) is 36.9. The van der Waals surface area contributed by atoms with Crippen molar-refractivity contribution in [3.63, 3.8) is 0 Å². The third kappa shape index (κ3) is 5.23. The first-order valence-electron chi connectivity index (χ1n) is 11.5. The number of benzene rings is 3. The van der Waals surface area contributed by atoms with Gasteiger partial charge >= 0.3 is 12.0 Å². The standard InChI is InChI=1S/C28H27ClN2O4/c1-3-28(16-25(32)33)13-12-19-14-18(6-10-23(19)26(28)34)22-11-9-21(15-24(22)29)31-27(35)30-20-7-4-17(2)5-8-20/h4-11,14-15H,3,12-13,16H2,1-2H3,(H,32,33)(H2,30,31,35). The Morgan fingerprint density at radius 3 is 2.29 bits per heavy atom. The van der Waals surface area contributed by atoms with E-state index >= 15 is 0 Å². The third-order valence-corrected chi connectivity index (χ3v) is 7.03. The molecule has 3 N–H and O–H groups in total. The highest BCUT2D eigenvalue weighted by Gasteiger charge is 2.42. The molecular formula is C28H27ClN2O4. The van der Waals surface area contributed by atoms with Crippen LogP contribution in [0, 0.1) is 12.3 Å². The van der Waals surface area contributed by atoms with Crippen LogP contribution >= 0.6 is 11.6 Å². The molecule has 0 aliphatic heterocycles. The number of aliphatic carboxylic acids is 1. The molecule has 3 aromatic carbocycles. The van der Waals surface area contributed by atoms with Gasteiger partial charge in [0, 0.05) is 27.9 Å². The lowest BCUT2D eigenvalue weighted by Gasteiger charge is -2.35. The Balaban J connectivity index is 1.51. The molecule has 3 aromatic rings. The molecule has 1 unspecified atom stereocenters. The predicted octanol–water partition coefficient (Wildman–Crippen LogP) is 6.96. The second kappa shape index (κ2) is 9.92. The number of hydrogen-bond donors (Lipinski definition) is 3. The summed E-state index contributed by atoms with van der Waals surface area (Å²) >= 11 is 6.56. The van der Waals surface area contributed by atoms with Crippen LogP contribution in [0.15, 0.2) is 60.7 Å². The molecule has 35 heavy (non-hydrogen) atoms. The van der Waals surface area contributed by atoms with Crippen LogP contribution in [0.25, 0.3) is 11.1 Å². The molecule has 0 saturated heterocycles. The quantitative estimate of drug-likeness (QED) is 0.348. The largest absolute Gasteiger partial charge is 0.481 e. The van der Waals surface area contributed by atoms with Crippen LogP contribution in [0.4, 0.5) is 16.2 Å². The minimum absolute atomic E-state index is 0.0968. The van der Waals surface area contributed by atoms with Crippen molar-refractivity contribution >= 4 is 40.8 Å². The average Bonchev–Trinajstić information content (AvgIpc) is 2.82. The van der Waals surface area contributed by atoms with Gasteiger partial charge in [-0.15, -0.1) is 0 Å². The summed E-state index contributed by atoms with van der Waals surface area (Å²) in [5.74, 6) is -1.05. The molecular weight excluding hydrogens is 464 g/mol. The molecule has 0 saturated carbocycles. The fraction of sp³-hybridized carbons (Fsp3) is 0.250. The van der Waals surface area contributed by atoms with Crippen molar-refractivity contribution in [1.29, 1.82) is 0 Å². The molecule has 0 bridgehead atoms. The van der Waals surface area contributed by atoms with E-state index in [1.165, 1.54) is 0 Å². The van der Waals surface area contributed by atoms with Crippen LogP contribution < -0.4 is 10.6 Å². The van der Waals surface area contributed by atoms with Crippen LogP contribution in [0.3, 0.4) is 0 Å².